The number of carboxylic acid groups (broad SMARTS) is 1. The summed E-state index contributed by atoms with van der Waals surface area (Å²) in [6.45, 7) is 2.59. The summed E-state index contributed by atoms with van der Waals surface area (Å²) in [6, 6.07) is 3.23. The van der Waals surface area contributed by atoms with Gasteiger partial charge in [0, 0.05) is 23.7 Å². The van der Waals surface area contributed by atoms with Crippen LogP contribution < -0.4 is 0 Å². The lowest BCUT2D eigenvalue weighted by Crippen LogP contribution is -2.42. The minimum absolute atomic E-state index is 0.0627. The minimum atomic E-state index is -0.839. The first kappa shape index (κ1) is 14.9. The van der Waals surface area contributed by atoms with Crippen molar-refractivity contribution in [1.29, 1.82) is 0 Å². The second kappa shape index (κ2) is 6.31. The molecule has 1 aliphatic rings. The Labute approximate surface area is 117 Å². The molecule has 1 N–H and O–H groups in total. The number of hydrogen-bond donors (Lipinski definition) is 1. The summed E-state index contributed by atoms with van der Waals surface area (Å²) in [6.07, 6.45) is 2.84. The van der Waals surface area contributed by atoms with Gasteiger partial charge in [0.15, 0.2) is 0 Å². The van der Waals surface area contributed by atoms with Gasteiger partial charge in [-0.1, -0.05) is 12.5 Å². The normalized spacial score (nSPS) is 21.6. The molecule has 20 heavy (non-hydrogen) atoms. The average molecular weight is 283 g/mol. The average Bonchev–Trinajstić information content (AvgIpc) is 2.38. The predicted octanol–water partition coefficient (Wildman–Crippen LogP) is 3.36. The van der Waals surface area contributed by atoms with Gasteiger partial charge in [-0.25, -0.2) is 8.78 Å². The number of piperidine rings is 1. The third-order valence-corrected chi connectivity index (χ3v) is 3.99. The molecule has 5 heteroatoms. The van der Waals surface area contributed by atoms with E-state index in [0.29, 0.717) is 5.56 Å². The third-order valence-electron chi connectivity index (χ3n) is 3.99. The smallest absolute Gasteiger partial charge is 0.304 e. The summed E-state index contributed by atoms with van der Waals surface area (Å²) >= 11 is 0. The highest BCUT2D eigenvalue weighted by atomic mass is 19.1. The molecule has 2 unspecified atom stereocenters. The third kappa shape index (κ3) is 3.33. The highest BCUT2D eigenvalue weighted by Gasteiger charge is 2.30. The quantitative estimate of drug-likeness (QED) is 0.921. The number of nitrogens with zero attached hydrogens (tertiary/aromatic N) is 1. The van der Waals surface area contributed by atoms with Gasteiger partial charge in [-0.15, -0.1) is 0 Å². The van der Waals surface area contributed by atoms with E-state index in [-0.39, 0.29) is 18.5 Å². The van der Waals surface area contributed by atoms with Crippen LogP contribution in [0.1, 0.15) is 44.2 Å². The van der Waals surface area contributed by atoms with Crippen LogP contribution in [-0.2, 0) is 4.79 Å². The lowest BCUT2D eigenvalue weighted by molar-refractivity contribution is -0.139. The number of hydrogen-bond acceptors (Lipinski definition) is 2. The summed E-state index contributed by atoms with van der Waals surface area (Å²) in [4.78, 5) is 13.0. The Morgan fingerprint density at radius 1 is 1.45 bits per heavy atom. The van der Waals surface area contributed by atoms with Gasteiger partial charge in [0.05, 0.1) is 6.42 Å². The van der Waals surface area contributed by atoms with Crippen LogP contribution in [0.3, 0.4) is 0 Å². The summed E-state index contributed by atoms with van der Waals surface area (Å²) in [5.41, 5.74) is 0.420. The molecule has 110 valence electrons. The molecule has 2 atom stereocenters. The molecule has 0 amide bonds. The maximum Gasteiger partial charge on any atom is 0.304 e. The summed E-state index contributed by atoms with van der Waals surface area (Å²) in [7, 11) is 0. The maximum atomic E-state index is 13.9. The summed E-state index contributed by atoms with van der Waals surface area (Å²) < 4.78 is 26.8. The van der Waals surface area contributed by atoms with E-state index in [4.69, 9.17) is 5.11 Å². The second-order valence-corrected chi connectivity index (χ2v) is 5.33. The molecule has 1 aromatic rings. The molecule has 1 fully saturated rings. The molecule has 2 rings (SSSR count). The van der Waals surface area contributed by atoms with Gasteiger partial charge in [-0.3, -0.25) is 9.69 Å². The van der Waals surface area contributed by atoms with Crippen LogP contribution in [0.4, 0.5) is 8.78 Å². The Morgan fingerprint density at radius 2 is 2.20 bits per heavy atom. The first-order valence-corrected chi connectivity index (χ1v) is 6.91. The largest absolute Gasteiger partial charge is 0.481 e. The van der Waals surface area contributed by atoms with E-state index < -0.39 is 17.6 Å². The minimum Gasteiger partial charge on any atom is -0.481 e. The number of carbonyl (C=O) groups is 1. The molecule has 0 radical (unpaired) electrons. The number of likely N-dealkylation sites (tertiary alicyclic amines) is 1. The molecule has 0 aromatic heterocycles. The number of halogens is 2. The van der Waals surface area contributed by atoms with Crippen LogP contribution in [0, 0.1) is 11.6 Å². The van der Waals surface area contributed by atoms with Gasteiger partial charge in [-0.05, 0) is 32.4 Å². The first-order valence-electron chi connectivity index (χ1n) is 6.91. The SMILES string of the molecule is CC(c1ccc(F)cc1F)N1CCCCC1CC(=O)O. The van der Waals surface area contributed by atoms with Crippen LogP contribution in [-0.4, -0.2) is 28.6 Å². The van der Waals surface area contributed by atoms with Crippen molar-refractivity contribution in [3.8, 4) is 0 Å². The Bertz CT molecular complexity index is 493. The van der Waals surface area contributed by atoms with Gasteiger partial charge in [0.2, 0.25) is 0 Å². The molecular weight excluding hydrogens is 264 g/mol. The second-order valence-electron chi connectivity index (χ2n) is 5.33. The standard InChI is InChI=1S/C15H19F2NO2/c1-10(13-6-5-11(16)8-14(13)17)18-7-3-2-4-12(18)9-15(19)20/h5-6,8,10,12H,2-4,7,9H2,1H3,(H,19,20). The molecule has 0 bridgehead atoms. The molecule has 0 aliphatic carbocycles. The van der Waals surface area contributed by atoms with Crippen molar-refractivity contribution < 1.29 is 18.7 Å². The molecule has 1 aromatic carbocycles. The van der Waals surface area contributed by atoms with Gasteiger partial charge >= 0.3 is 5.97 Å². The molecule has 0 saturated carbocycles. The first-order chi connectivity index (χ1) is 9.49. The number of rotatable bonds is 4. The van der Waals surface area contributed by atoms with Crippen molar-refractivity contribution in [3.05, 3.63) is 35.4 Å². The van der Waals surface area contributed by atoms with Gasteiger partial charge < -0.3 is 5.11 Å². The van der Waals surface area contributed by atoms with Gasteiger partial charge in [0.25, 0.3) is 0 Å². The molecule has 1 heterocycles. The highest BCUT2D eigenvalue weighted by Crippen LogP contribution is 2.31. The fraction of sp³-hybridized carbons (Fsp3) is 0.533. The maximum absolute atomic E-state index is 13.9. The Kier molecular flexibility index (Phi) is 4.70. The van der Waals surface area contributed by atoms with Crippen LogP contribution in [0.25, 0.3) is 0 Å². The Hall–Kier alpha value is -1.49. The molecular formula is C15H19F2NO2. The van der Waals surface area contributed by atoms with Gasteiger partial charge in [-0.2, -0.15) is 0 Å². The zero-order valence-corrected chi connectivity index (χ0v) is 11.5. The molecule has 1 saturated heterocycles. The van der Waals surface area contributed by atoms with Crippen molar-refractivity contribution in [2.75, 3.05) is 6.54 Å². The molecule has 1 aliphatic heterocycles. The van der Waals surface area contributed by atoms with E-state index >= 15 is 0 Å². The molecule has 0 spiro atoms. The van der Waals surface area contributed by atoms with E-state index in [2.05, 4.69) is 0 Å². The van der Waals surface area contributed by atoms with Crippen LogP contribution in [0.2, 0.25) is 0 Å². The van der Waals surface area contributed by atoms with E-state index in [9.17, 15) is 13.6 Å². The van der Waals surface area contributed by atoms with Crippen LogP contribution in [0.5, 0.6) is 0 Å². The highest BCUT2D eigenvalue weighted by molar-refractivity contribution is 5.67. The predicted molar refractivity (Wildman–Crippen MR) is 71.4 cm³/mol. The van der Waals surface area contributed by atoms with Crippen LogP contribution >= 0.6 is 0 Å². The number of benzene rings is 1. The summed E-state index contributed by atoms with van der Waals surface area (Å²) in [5.74, 6) is -2.01. The fourth-order valence-electron chi connectivity index (χ4n) is 2.97. The molecule has 3 nitrogen and oxygen atoms in total. The zero-order chi connectivity index (χ0) is 14.7. The Morgan fingerprint density at radius 3 is 2.85 bits per heavy atom. The lowest BCUT2D eigenvalue weighted by atomic mass is 9.95. The van der Waals surface area contributed by atoms with Crippen molar-refractivity contribution in [2.45, 2.75) is 44.7 Å². The van der Waals surface area contributed by atoms with E-state index in [1.807, 2.05) is 11.8 Å². The van der Waals surface area contributed by atoms with Crippen molar-refractivity contribution in [3.63, 3.8) is 0 Å². The zero-order valence-electron chi connectivity index (χ0n) is 11.5. The van der Waals surface area contributed by atoms with Gasteiger partial charge in [0.1, 0.15) is 11.6 Å². The fourth-order valence-corrected chi connectivity index (χ4v) is 2.97. The monoisotopic (exact) mass is 283 g/mol. The van der Waals surface area contributed by atoms with E-state index in [0.717, 1.165) is 31.9 Å². The van der Waals surface area contributed by atoms with Crippen molar-refractivity contribution in [1.82, 2.24) is 4.90 Å². The van der Waals surface area contributed by atoms with E-state index in [1.54, 1.807) is 0 Å². The van der Waals surface area contributed by atoms with Crippen LogP contribution in [0.15, 0.2) is 18.2 Å². The number of aliphatic carboxylic acids is 1. The summed E-state index contributed by atoms with van der Waals surface area (Å²) in [5, 5.41) is 8.98. The van der Waals surface area contributed by atoms with E-state index in [1.165, 1.54) is 12.1 Å². The van der Waals surface area contributed by atoms with Crippen molar-refractivity contribution in [2.24, 2.45) is 0 Å². The Balaban J connectivity index is 2.20. The number of carboxylic acids is 1. The lowest BCUT2D eigenvalue weighted by Gasteiger charge is -2.39. The topological polar surface area (TPSA) is 40.5 Å². The van der Waals surface area contributed by atoms with Crippen molar-refractivity contribution >= 4 is 5.97 Å².